The zero-order chi connectivity index (χ0) is 10.8. The van der Waals surface area contributed by atoms with Crippen molar-refractivity contribution < 1.29 is 9.53 Å². The normalized spacial score (nSPS) is 10.2. The molecule has 0 spiro atoms. The molecule has 0 fully saturated rings. The van der Waals surface area contributed by atoms with Crippen LogP contribution in [0.1, 0.15) is 10.4 Å². The Labute approximate surface area is 86.7 Å². The minimum atomic E-state index is -0.451. The average Bonchev–Trinajstić information content (AvgIpc) is 2.27. The first-order valence-corrected chi connectivity index (χ1v) is 4.46. The van der Waals surface area contributed by atoms with Crippen LogP contribution in [0, 0.1) is 0 Å². The van der Waals surface area contributed by atoms with Crippen molar-refractivity contribution in [1.29, 1.82) is 0 Å². The van der Waals surface area contributed by atoms with Crippen molar-refractivity contribution in [2.45, 2.75) is 0 Å². The lowest BCUT2D eigenvalue weighted by molar-refractivity contribution is 0.100. The van der Waals surface area contributed by atoms with E-state index in [4.69, 9.17) is 10.5 Å². The summed E-state index contributed by atoms with van der Waals surface area (Å²) in [5, 5.41) is 0.741. The highest BCUT2D eigenvalue weighted by Crippen LogP contribution is 2.19. The van der Waals surface area contributed by atoms with E-state index in [9.17, 15) is 4.79 Å². The second kappa shape index (κ2) is 3.57. The average molecular weight is 202 g/mol. The summed E-state index contributed by atoms with van der Waals surface area (Å²) in [5.74, 6) is 0.0664. The van der Waals surface area contributed by atoms with Gasteiger partial charge >= 0.3 is 0 Å². The number of nitrogens with two attached hydrogens (primary N) is 1. The van der Waals surface area contributed by atoms with E-state index in [1.54, 1.807) is 31.4 Å². The Hall–Kier alpha value is -2.10. The summed E-state index contributed by atoms with van der Waals surface area (Å²) in [4.78, 5) is 15.3. The predicted molar refractivity (Wildman–Crippen MR) is 56.8 cm³/mol. The van der Waals surface area contributed by atoms with Crippen molar-refractivity contribution >= 4 is 16.8 Å². The van der Waals surface area contributed by atoms with E-state index in [0.717, 1.165) is 5.39 Å². The SMILES string of the molecule is COc1ccc2c(C(N)=O)cccc2n1. The van der Waals surface area contributed by atoms with Crippen molar-refractivity contribution in [2.24, 2.45) is 5.73 Å². The Balaban J connectivity index is 2.72. The Morgan fingerprint density at radius 3 is 2.80 bits per heavy atom. The molecule has 0 bridgehead atoms. The third-order valence-corrected chi connectivity index (χ3v) is 2.18. The molecule has 0 aliphatic heterocycles. The molecule has 4 heteroatoms. The number of nitrogens with zero attached hydrogens (tertiary/aromatic N) is 1. The number of primary amides is 1. The van der Waals surface area contributed by atoms with Crippen LogP contribution < -0.4 is 10.5 Å². The van der Waals surface area contributed by atoms with Crippen LogP contribution in [-0.4, -0.2) is 18.0 Å². The molecule has 0 aliphatic carbocycles. The lowest BCUT2D eigenvalue weighted by Crippen LogP contribution is -2.11. The number of benzene rings is 1. The number of carbonyl (C=O) groups is 1. The number of ether oxygens (including phenoxy) is 1. The molecule has 1 heterocycles. The summed E-state index contributed by atoms with van der Waals surface area (Å²) in [6.07, 6.45) is 0. The Kier molecular flexibility index (Phi) is 2.25. The zero-order valence-electron chi connectivity index (χ0n) is 8.23. The van der Waals surface area contributed by atoms with Crippen LogP contribution in [0.3, 0.4) is 0 Å². The summed E-state index contributed by atoms with van der Waals surface area (Å²) < 4.78 is 5.00. The number of rotatable bonds is 2. The van der Waals surface area contributed by atoms with Gasteiger partial charge in [-0.15, -0.1) is 0 Å². The molecule has 0 atom stereocenters. The van der Waals surface area contributed by atoms with Gasteiger partial charge in [-0.05, 0) is 18.2 Å². The van der Waals surface area contributed by atoms with Gasteiger partial charge in [0.05, 0.1) is 12.6 Å². The number of pyridine rings is 1. The van der Waals surface area contributed by atoms with Gasteiger partial charge in [0.25, 0.3) is 0 Å². The molecule has 0 aliphatic rings. The highest BCUT2D eigenvalue weighted by atomic mass is 16.5. The molecule has 1 aromatic carbocycles. The molecule has 0 unspecified atom stereocenters. The summed E-state index contributed by atoms with van der Waals surface area (Å²) >= 11 is 0. The highest BCUT2D eigenvalue weighted by molar-refractivity contribution is 6.05. The molecule has 15 heavy (non-hydrogen) atoms. The number of carbonyl (C=O) groups excluding carboxylic acids is 1. The lowest BCUT2D eigenvalue weighted by Gasteiger charge is -2.04. The summed E-state index contributed by atoms with van der Waals surface area (Å²) in [5.41, 5.74) is 6.43. The molecule has 2 N–H and O–H groups in total. The molecule has 1 aromatic heterocycles. The first-order valence-electron chi connectivity index (χ1n) is 4.46. The van der Waals surface area contributed by atoms with Crippen LogP contribution in [-0.2, 0) is 0 Å². The third-order valence-electron chi connectivity index (χ3n) is 2.18. The van der Waals surface area contributed by atoms with Crippen LogP contribution in [0.5, 0.6) is 5.88 Å². The van der Waals surface area contributed by atoms with E-state index < -0.39 is 5.91 Å². The maximum absolute atomic E-state index is 11.1. The standard InChI is InChI=1S/C11H10N2O2/c1-15-10-6-5-7-8(11(12)14)3-2-4-9(7)13-10/h2-6H,1H3,(H2,12,14). The van der Waals surface area contributed by atoms with Gasteiger partial charge in [0.15, 0.2) is 0 Å². The summed E-state index contributed by atoms with van der Waals surface area (Å²) in [6, 6.07) is 8.72. The molecule has 1 amide bonds. The molecule has 2 aromatic rings. The van der Waals surface area contributed by atoms with E-state index in [1.807, 2.05) is 6.07 Å². The third kappa shape index (κ3) is 1.61. The fourth-order valence-electron chi connectivity index (χ4n) is 1.46. The van der Waals surface area contributed by atoms with Gasteiger partial charge in [0, 0.05) is 17.0 Å². The number of hydrogen-bond acceptors (Lipinski definition) is 3. The zero-order valence-corrected chi connectivity index (χ0v) is 8.23. The molecule has 0 saturated carbocycles. The molecule has 0 radical (unpaired) electrons. The van der Waals surface area contributed by atoms with E-state index in [1.165, 1.54) is 0 Å². The molecule has 0 saturated heterocycles. The smallest absolute Gasteiger partial charge is 0.249 e. The van der Waals surface area contributed by atoms with E-state index in [0.29, 0.717) is 17.0 Å². The fourth-order valence-corrected chi connectivity index (χ4v) is 1.46. The van der Waals surface area contributed by atoms with Gasteiger partial charge in [-0.25, -0.2) is 4.98 Å². The summed E-state index contributed by atoms with van der Waals surface area (Å²) in [7, 11) is 1.55. The van der Waals surface area contributed by atoms with E-state index >= 15 is 0 Å². The molecular weight excluding hydrogens is 192 g/mol. The minimum absolute atomic E-state index is 0.451. The second-order valence-electron chi connectivity index (χ2n) is 3.09. The van der Waals surface area contributed by atoms with Gasteiger partial charge in [0.1, 0.15) is 0 Å². The maximum Gasteiger partial charge on any atom is 0.249 e. The Morgan fingerprint density at radius 2 is 2.13 bits per heavy atom. The fraction of sp³-hybridized carbons (Fsp3) is 0.0909. The van der Waals surface area contributed by atoms with Crippen LogP contribution in [0.25, 0.3) is 10.9 Å². The van der Waals surface area contributed by atoms with Gasteiger partial charge in [0.2, 0.25) is 11.8 Å². The second-order valence-corrected chi connectivity index (χ2v) is 3.09. The van der Waals surface area contributed by atoms with Crippen molar-refractivity contribution in [3.05, 3.63) is 35.9 Å². The Bertz CT molecular complexity index is 523. The van der Waals surface area contributed by atoms with Gasteiger partial charge < -0.3 is 10.5 Å². The van der Waals surface area contributed by atoms with Crippen molar-refractivity contribution in [1.82, 2.24) is 4.98 Å². The van der Waals surface area contributed by atoms with Crippen LogP contribution in [0.2, 0.25) is 0 Å². The Morgan fingerprint density at radius 1 is 1.33 bits per heavy atom. The number of amides is 1. The van der Waals surface area contributed by atoms with E-state index in [2.05, 4.69) is 4.98 Å². The quantitative estimate of drug-likeness (QED) is 0.799. The van der Waals surface area contributed by atoms with Crippen LogP contribution in [0.15, 0.2) is 30.3 Å². The molecule has 2 rings (SSSR count). The molecule has 76 valence electrons. The van der Waals surface area contributed by atoms with Crippen molar-refractivity contribution in [3.8, 4) is 5.88 Å². The first kappa shape index (κ1) is 9.45. The van der Waals surface area contributed by atoms with Gasteiger partial charge in [-0.1, -0.05) is 6.07 Å². The van der Waals surface area contributed by atoms with Crippen LogP contribution in [0.4, 0.5) is 0 Å². The maximum atomic E-state index is 11.1. The first-order chi connectivity index (χ1) is 7.22. The summed E-state index contributed by atoms with van der Waals surface area (Å²) in [6.45, 7) is 0. The monoisotopic (exact) mass is 202 g/mol. The topological polar surface area (TPSA) is 65.2 Å². The predicted octanol–water partition coefficient (Wildman–Crippen LogP) is 1.34. The number of methoxy groups -OCH3 is 1. The molecule has 4 nitrogen and oxygen atoms in total. The van der Waals surface area contributed by atoms with Crippen molar-refractivity contribution in [3.63, 3.8) is 0 Å². The minimum Gasteiger partial charge on any atom is -0.481 e. The van der Waals surface area contributed by atoms with Crippen LogP contribution >= 0.6 is 0 Å². The van der Waals surface area contributed by atoms with Crippen molar-refractivity contribution in [2.75, 3.05) is 7.11 Å². The number of hydrogen-bond donors (Lipinski definition) is 1. The molecular formula is C11H10N2O2. The highest BCUT2D eigenvalue weighted by Gasteiger charge is 2.07. The number of fused-ring (bicyclic) bond motifs is 1. The van der Waals surface area contributed by atoms with Gasteiger partial charge in [-0.3, -0.25) is 4.79 Å². The largest absolute Gasteiger partial charge is 0.481 e. The van der Waals surface area contributed by atoms with Gasteiger partial charge in [-0.2, -0.15) is 0 Å². The number of aromatic nitrogens is 1. The van der Waals surface area contributed by atoms with E-state index in [-0.39, 0.29) is 0 Å². The lowest BCUT2D eigenvalue weighted by atomic mass is 10.1.